The molecule has 0 fully saturated rings. The van der Waals surface area contributed by atoms with E-state index in [4.69, 9.17) is 0 Å². The smallest absolute Gasteiger partial charge is 0.280 e. The zero-order valence-electron chi connectivity index (χ0n) is 24.3. The Labute approximate surface area is 245 Å². The fourth-order valence-corrected chi connectivity index (χ4v) is 4.80. The second-order valence-corrected chi connectivity index (χ2v) is 10.5. The van der Waals surface area contributed by atoms with E-state index in [1.807, 2.05) is 86.9 Å². The molecule has 2 heterocycles. The van der Waals surface area contributed by atoms with Crippen molar-refractivity contribution in [2.75, 3.05) is 26.0 Å². The van der Waals surface area contributed by atoms with Crippen molar-refractivity contribution in [3.05, 3.63) is 123 Å². The molecule has 2 N–H and O–H groups in total. The number of nitrogens with zero attached hydrogens (tertiary/aromatic N) is 5. The third kappa shape index (κ3) is 6.64. The van der Waals surface area contributed by atoms with Crippen molar-refractivity contribution < 1.29 is 4.79 Å². The lowest BCUT2D eigenvalue weighted by Crippen LogP contribution is -2.30. The van der Waals surface area contributed by atoms with Crippen molar-refractivity contribution in [2.45, 2.75) is 20.0 Å². The summed E-state index contributed by atoms with van der Waals surface area (Å²) in [5.41, 5.74) is 5.44. The fourth-order valence-electron chi connectivity index (χ4n) is 4.80. The van der Waals surface area contributed by atoms with Crippen LogP contribution in [0.25, 0.3) is 17.0 Å². The van der Waals surface area contributed by atoms with Crippen molar-refractivity contribution in [3.8, 4) is 0 Å². The molecule has 0 aliphatic carbocycles. The number of nitrogens with one attached hydrogen (secondary N) is 2. The quantitative estimate of drug-likeness (QED) is 0.256. The molecule has 0 saturated carbocycles. The molecule has 0 atom stereocenters. The van der Waals surface area contributed by atoms with E-state index in [9.17, 15) is 9.59 Å². The Morgan fingerprint density at radius 3 is 2.50 bits per heavy atom. The highest BCUT2D eigenvalue weighted by Gasteiger charge is 2.20. The predicted octanol–water partition coefficient (Wildman–Crippen LogP) is 4.74. The van der Waals surface area contributed by atoms with E-state index in [-0.39, 0.29) is 23.6 Å². The third-order valence-corrected chi connectivity index (χ3v) is 7.06. The first-order chi connectivity index (χ1) is 20.3. The molecule has 9 heteroatoms. The molecule has 214 valence electrons. The van der Waals surface area contributed by atoms with Gasteiger partial charge in [0.25, 0.3) is 11.5 Å². The number of rotatable bonds is 10. The number of hydrogen-bond acceptors (Lipinski definition) is 6. The largest absolute Gasteiger partial charge is 0.348 e. The first kappa shape index (κ1) is 28.5. The number of amides is 1. The van der Waals surface area contributed by atoms with Crippen LogP contribution < -0.4 is 16.2 Å². The number of aromatic nitrogens is 4. The summed E-state index contributed by atoms with van der Waals surface area (Å²) in [4.78, 5) is 37.2. The highest BCUT2D eigenvalue weighted by molar-refractivity contribution is 5.95. The summed E-state index contributed by atoms with van der Waals surface area (Å²) in [6.45, 7) is 3.36. The van der Waals surface area contributed by atoms with Crippen LogP contribution in [-0.2, 0) is 20.1 Å². The van der Waals surface area contributed by atoms with Gasteiger partial charge in [-0.25, -0.2) is 14.6 Å². The standard InChI is InChI=1S/C33H35N7O2/c1-23-30(32(42)40(39(23)4)22-25-9-6-5-7-10-25)31(41)34-18-8-11-24-14-17-29-27(19-24)20-35-33(37-29)36-28-15-12-26(13-16-28)21-38(2)3/h5-17,19-20H,18,21-22H2,1-4H3,(H,34,41)(H,35,36,37). The monoisotopic (exact) mass is 561 g/mol. The maximum atomic E-state index is 13.1. The van der Waals surface area contributed by atoms with Crippen LogP contribution in [0, 0.1) is 6.92 Å². The first-order valence-corrected chi connectivity index (χ1v) is 13.8. The highest BCUT2D eigenvalue weighted by atomic mass is 16.2. The van der Waals surface area contributed by atoms with Crippen LogP contribution in [-0.4, -0.2) is 50.8 Å². The van der Waals surface area contributed by atoms with E-state index in [1.165, 1.54) is 5.56 Å². The van der Waals surface area contributed by atoms with Crippen LogP contribution in [0.4, 0.5) is 11.6 Å². The molecule has 1 amide bonds. The number of benzene rings is 3. The average Bonchev–Trinajstić information content (AvgIpc) is 3.19. The Morgan fingerprint density at radius 1 is 1.00 bits per heavy atom. The summed E-state index contributed by atoms with van der Waals surface area (Å²) in [5, 5.41) is 7.02. The predicted molar refractivity (Wildman–Crippen MR) is 168 cm³/mol. The van der Waals surface area contributed by atoms with Crippen molar-refractivity contribution in [3.63, 3.8) is 0 Å². The molecule has 5 rings (SSSR count). The van der Waals surface area contributed by atoms with Gasteiger partial charge in [0.15, 0.2) is 0 Å². The molecule has 9 nitrogen and oxygen atoms in total. The fraction of sp³-hybridized carbons (Fsp3) is 0.212. The number of fused-ring (bicyclic) bond motifs is 1. The van der Waals surface area contributed by atoms with Gasteiger partial charge in [-0.05, 0) is 62.0 Å². The van der Waals surface area contributed by atoms with E-state index in [1.54, 1.807) is 29.5 Å². The topological polar surface area (TPSA) is 97.1 Å². The van der Waals surface area contributed by atoms with Crippen molar-refractivity contribution in [2.24, 2.45) is 7.05 Å². The van der Waals surface area contributed by atoms with Crippen molar-refractivity contribution >= 4 is 34.5 Å². The van der Waals surface area contributed by atoms with Gasteiger partial charge in [0.1, 0.15) is 5.56 Å². The molecule has 5 aromatic rings. The van der Waals surface area contributed by atoms with Gasteiger partial charge < -0.3 is 15.5 Å². The molecular formula is C33H35N7O2. The van der Waals surface area contributed by atoms with Gasteiger partial charge in [0.05, 0.1) is 12.1 Å². The Hall–Kier alpha value is -5.02. The second-order valence-electron chi connectivity index (χ2n) is 10.5. The van der Waals surface area contributed by atoms with Gasteiger partial charge in [0.2, 0.25) is 5.95 Å². The SMILES string of the molecule is Cc1c(C(=O)NCC=Cc2ccc3nc(Nc4ccc(CN(C)C)cc4)ncc3c2)c(=O)n(Cc2ccccc2)n1C. The Morgan fingerprint density at radius 2 is 1.76 bits per heavy atom. The maximum absolute atomic E-state index is 13.1. The minimum absolute atomic E-state index is 0.165. The Kier molecular flexibility index (Phi) is 8.59. The molecule has 0 spiro atoms. The normalized spacial score (nSPS) is 11.5. The molecule has 3 aromatic carbocycles. The number of hydrogen-bond donors (Lipinski definition) is 2. The summed E-state index contributed by atoms with van der Waals surface area (Å²) < 4.78 is 3.32. The van der Waals surface area contributed by atoms with Crippen LogP contribution >= 0.6 is 0 Å². The van der Waals surface area contributed by atoms with Crippen LogP contribution in [0.2, 0.25) is 0 Å². The zero-order valence-corrected chi connectivity index (χ0v) is 24.3. The summed E-state index contributed by atoms with van der Waals surface area (Å²) in [5.74, 6) is 0.150. The van der Waals surface area contributed by atoms with Gasteiger partial charge >= 0.3 is 0 Å². The van der Waals surface area contributed by atoms with Crippen LogP contribution in [0.3, 0.4) is 0 Å². The number of anilines is 2. The van der Waals surface area contributed by atoms with Crippen LogP contribution in [0.15, 0.2) is 89.9 Å². The van der Waals surface area contributed by atoms with E-state index < -0.39 is 0 Å². The van der Waals surface area contributed by atoms with E-state index in [0.29, 0.717) is 18.2 Å². The lowest BCUT2D eigenvalue weighted by molar-refractivity contribution is 0.0956. The van der Waals surface area contributed by atoms with Gasteiger partial charge in [-0.2, -0.15) is 0 Å². The van der Waals surface area contributed by atoms with Crippen LogP contribution in [0.1, 0.15) is 32.7 Å². The maximum Gasteiger partial charge on any atom is 0.280 e. The second kappa shape index (κ2) is 12.7. The molecule has 0 bridgehead atoms. The Bertz CT molecular complexity index is 1790. The third-order valence-electron chi connectivity index (χ3n) is 7.06. The van der Waals surface area contributed by atoms with Crippen molar-refractivity contribution in [1.29, 1.82) is 0 Å². The first-order valence-electron chi connectivity index (χ1n) is 13.8. The summed E-state index contributed by atoms with van der Waals surface area (Å²) in [6.07, 6.45) is 5.58. The van der Waals surface area contributed by atoms with Crippen LogP contribution in [0.5, 0.6) is 0 Å². The molecule has 0 radical (unpaired) electrons. The summed E-state index contributed by atoms with van der Waals surface area (Å²) in [7, 11) is 5.89. The average molecular weight is 562 g/mol. The van der Waals surface area contributed by atoms with Gasteiger partial charge in [-0.3, -0.25) is 14.3 Å². The van der Waals surface area contributed by atoms with E-state index in [0.717, 1.165) is 34.3 Å². The summed E-state index contributed by atoms with van der Waals surface area (Å²) in [6, 6.07) is 23.9. The molecule has 0 saturated heterocycles. The molecule has 42 heavy (non-hydrogen) atoms. The number of carbonyl (C=O) groups excluding carboxylic acids is 1. The molecule has 0 aliphatic heterocycles. The van der Waals surface area contributed by atoms with Crippen molar-refractivity contribution in [1.82, 2.24) is 29.5 Å². The van der Waals surface area contributed by atoms with Gasteiger partial charge in [-0.1, -0.05) is 60.7 Å². The Balaban J connectivity index is 1.20. The van der Waals surface area contributed by atoms with Gasteiger partial charge in [-0.15, -0.1) is 0 Å². The van der Waals surface area contributed by atoms with E-state index in [2.05, 4.69) is 37.6 Å². The lowest BCUT2D eigenvalue weighted by atomic mass is 10.1. The lowest BCUT2D eigenvalue weighted by Gasteiger charge is -2.10. The highest BCUT2D eigenvalue weighted by Crippen LogP contribution is 2.19. The molecule has 0 unspecified atom stereocenters. The molecular weight excluding hydrogens is 526 g/mol. The van der Waals surface area contributed by atoms with E-state index >= 15 is 0 Å². The van der Waals surface area contributed by atoms with Gasteiger partial charge in [0, 0.05) is 43.1 Å². The summed E-state index contributed by atoms with van der Waals surface area (Å²) >= 11 is 0. The minimum atomic E-state index is -0.385. The molecule has 0 aliphatic rings. The molecule has 2 aromatic heterocycles. The minimum Gasteiger partial charge on any atom is -0.348 e. The zero-order chi connectivity index (χ0) is 29.6. The number of carbonyl (C=O) groups is 1.